The van der Waals surface area contributed by atoms with Gasteiger partial charge in [-0.05, 0) is 49.6 Å². The summed E-state index contributed by atoms with van der Waals surface area (Å²) in [5.74, 6) is -2.05. The molecule has 1 amide bonds. The van der Waals surface area contributed by atoms with Gasteiger partial charge in [0.05, 0.1) is 28.4 Å². The summed E-state index contributed by atoms with van der Waals surface area (Å²) in [7, 11) is 0. The van der Waals surface area contributed by atoms with Crippen LogP contribution in [0.3, 0.4) is 0 Å². The molecule has 1 aromatic carbocycles. The van der Waals surface area contributed by atoms with Crippen LogP contribution in [0.15, 0.2) is 41.3 Å². The molecule has 12 heteroatoms. The van der Waals surface area contributed by atoms with E-state index in [4.69, 9.17) is 0 Å². The Morgan fingerprint density at radius 1 is 1.14 bits per heavy atom. The Kier molecular flexibility index (Phi) is 6.88. The molecule has 2 atom stereocenters. The van der Waals surface area contributed by atoms with Crippen molar-refractivity contribution in [3.8, 4) is 22.7 Å². The van der Waals surface area contributed by atoms with E-state index in [0.29, 0.717) is 37.6 Å². The third-order valence-electron chi connectivity index (χ3n) is 7.87. The van der Waals surface area contributed by atoms with Crippen molar-refractivity contribution in [1.29, 1.82) is 0 Å². The Labute approximate surface area is 240 Å². The van der Waals surface area contributed by atoms with E-state index >= 15 is 4.39 Å². The molecule has 0 spiro atoms. The number of phenolic OH excluding ortho intramolecular Hbond substituents is 1. The summed E-state index contributed by atoms with van der Waals surface area (Å²) in [6, 6.07) is 6.20. The van der Waals surface area contributed by atoms with Crippen LogP contribution in [0, 0.1) is 18.6 Å². The van der Waals surface area contributed by atoms with Gasteiger partial charge in [-0.15, -0.1) is 0 Å². The number of aryl methyl sites for hydroxylation is 1. The molecule has 2 aliphatic rings. The van der Waals surface area contributed by atoms with Gasteiger partial charge in [-0.1, -0.05) is 19.9 Å². The molecule has 0 unspecified atom stereocenters. The van der Waals surface area contributed by atoms with Crippen molar-refractivity contribution in [3.05, 3.63) is 69.9 Å². The van der Waals surface area contributed by atoms with Crippen molar-refractivity contribution in [1.82, 2.24) is 29.7 Å². The lowest BCUT2D eigenvalue weighted by Crippen LogP contribution is -2.55. The number of benzene rings is 1. The lowest BCUT2D eigenvalue weighted by molar-refractivity contribution is -0.131. The predicted octanol–water partition coefficient (Wildman–Crippen LogP) is 3.27. The number of anilines is 1. The van der Waals surface area contributed by atoms with Gasteiger partial charge in [0, 0.05) is 38.4 Å². The van der Waals surface area contributed by atoms with Crippen LogP contribution in [-0.4, -0.2) is 73.7 Å². The molecular weight excluding hydrogens is 544 g/mol. The van der Waals surface area contributed by atoms with Crippen molar-refractivity contribution < 1.29 is 18.7 Å². The maximum absolute atomic E-state index is 15.8. The van der Waals surface area contributed by atoms with Gasteiger partial charge in [-0.2, -0.15) is 4.98 Å². The zero-order valence-electron chi connectivity index (χ0n) is 23.7. The smallest absolute Gasteiger partial charge is 0.355 e. The van der Waals surface area contributed by atoms with E-state index in [1.807, 2.05) is 32.6 Å². The second-order valence-electron chi connectivity index (χ2n) is 11.2. The molecule has 0 radical (unpaired) electrons. The fourth-order valence-corrected chi connectivity index (χ4v) is 5.66. The highest BCUT2D eigenvalue weighted by atomic mass is 19.1. The number of amides is 1. The minimum absolute atomic E-state index is 0.0325. The summed E-state index contributed by atoms with van der Waals surface area (Å²) >= 11 is 0. The van der Waals surface area contributed by atoms with Gasteiger partial charge in [0.2, 0.25) is 5.91 Å². The first kappa shape index (κ1) is 27.7. The standard InChI is InChI=1S/C30H31F2N7O3/c1-15(2)24-26(16(3)8-9-33-24)39-28-18(12-20(32)25(35-28)23-19(31)6-5-7-22(23)40)27(36-30(39)42)38-11-10-37(14-17(38)4)29(41)21-13-34-21/h5-9,12,15,17,21,34,40H,10-11,13-14H2,1-4H3/t17-,21+/m0/s1. The zero-order valence-corrected chi connectivity index (χ0v) is 23.7. The number of carbonyl (C=O) groups excluding carboxylic acids is 1. The first-order valence-electron chi connectivity index (χ1n) is 13.9. The summed E-state index contributed by atoms with van der Waals surface area (Å²) < 4.78 is 32.1. The maximum Gasteiger partial charge on any atom is 0.355 e. The molecule has 0 bridgehead atoms. The number of nitrogens with one attached hydrogen (secondary N) is 1. The highest BCUT2D eigenvalue weighted by Gasteiger charge is 2.37. The molecule has 2 N–H and O–H groups in total. The normalized spacial score (nSPS) is 18.6. The van der Waals surface area contributed by atoms with Crippen LogP contribution in [0.4, 0.5) is 14.6 Å². The van der Waals surface area contributed by atoms with E-state index in [9.17, 15) is 19.1 Å². The van der Waals surface area contributed by atoms with Gasteiger partial charge in [-0.3, -0.25) is 9.78 Å². The van der Waals surface area contributed by atoms with Crippen LogP contribution >= 0.6 is 0 Å². The highest BCUT2D eigenvalue weighted by molar-refractivity contribution is 5.91. The number of piperazine rings is 1. The molecular formula is C30H31F2N7O3. The minimum Gasteiger partial charge on any atom is -0.507 e. The van der Waals surface area contributed by atoms with Crippen molar-refractivity contribution in [2.24, 2.45) is 0 Å². The Hall–Kier alpha value is -4.45. The van der Waals surface area contributed by atoms with E-state index in [1.54, 1.807) is 17.2 Å². The molecule has 218 valence electrons. The number of nitrogens with zero attached hydrogens (tertiary/aromatic N) is 6. The van der Waals surface area contributed by atoms with Gasteiger partial charge in [0.25, 0.3) is 0 Å². The number of aromatic hydroxyl groups is 1. The number of halogens is 2. The number of fused-ring (bicyclic) bond motifs is 1. The lowest BCUT2D eigenvalue weighted by Gasteiger charge is -2.41. The predicted molar refractivity (Wildman–Crippen MR) is 154 cm³/mol. The largest absolute Gasteiger partial charge is 0.507 e. The van der Waals surface area contributed by atoms with Gasteiger partial charge in [0.1, 0.15) is 23.1 Å². The second-order valence-corrected chi connectivity index (χ2v) is 11.2. The number of aromatic nitrogens is 4. The van der Waals surface area contributed by atoms with E-state index in [2.05, 4.69) is 20.3 Å². The third kappa shape index (κ3) is 4.65. The molecule has 10 nitrogen and oxygen atoms in total. The SMILES string of the molecule is Cc1ccnc(C(C)C)c1-n1c(=O)nc(N2CCN(C(=O)[C@H]3CN3)C[C@@H]2C)c2cc(F)c(-c3c(O)cccc3F)nc21. The third-order valence-corrected chi connectivity index (χ3v) is 7.87. The lowest BCUT2D eigenvalue weighted by atomic mass is 10.0. The quantitative estimate of drug-likeness (QED) is 0.348. The first-order valence-corrected chi connectivity index (χ1v) is 13.9. The number of pyridine rings is 2. The minimum atomic E-state index is -0.885. The van der Waals surface area contributed by atoms with E-state index in [0.717, 1.165) is 11.6 Å². The van der Waals surface area contributed by atoms with Crippen LogP contribution < -0.4 is 15.9 Å². The number of phenols is 1. The Balaban J connectivity index is 1.60. The Morgan fingerprint density at radius 2 is 1.90 bits per heavy atom. The van der Waals surface area contributed by atoms with Gasteiger partial charge < -0.3 is 20.2 Å². The topological polar surface area (TPSA) is 126 Å². The summed E-state index contributed by atoms with van der Waals surface area (Å²) in [6.45, 7) is 9.46. The molecule has 0 aliphatic carbocycles. The van der Waals surface area contributed by atoms with Crippen LogP contribution in [0.25, 0.3) is 28.0 Å². The Bertz CT molecular complexity index is 1770. The van der Waals surface area contributed by atoms with Gasteiger partial charge in [0.15, 0.2) is 11.5 Å². The van der Waals surface area contributed by atoms with Gasteiger partial charge >= 0.3 is 5.69 Å². The summed E-state index contributed by atoms with van der Waals surface area (Å²) in [5.41, 5.74) is 0.351. The molecule has 4 aromatic rings. The number of hydrogen-bond acceptors (Lipinski definition) is 8. The maximum atomic E-state index is 15.8. The fourth-order valence-electron chi connectivity index (χ4n) is 5.66. The molecule has 6 rings (SSSR count). The Morgan fingerprint density at radius 3 is 2.57 bits per heavy atom. The molecule has 2 fully saturated rings. The average molecular weight is 576 g/mol. The molecule has 2 saturated heterocycles. The highest BCUT2D eigenvalue weighted by Crippen LogP contribution is 2.36. The van der Waals surface area contributed by atoms with Crippen molar-refractivity contribution >= 4 is 22.8 Å². The number of hydrogen-bond donors (Lipinski definition) is 2. The van der Waals surface area contributed by atoms with Crippen LogP contribution in [0.1, 0.15) is 37.9 Å². The van der Waals surface area contributed by atoms with Crippen molar-refractivity contribution in [3.63, 3.8) is 0 Å². The first-order chi connectivity index (χ1) is 20.1. The van der Waals surface area contributed by atoms with Crippen molar-refractivity contribution in [2.75, 3.05) is 31.1 Å². The fraction of sp³-hybridized carbons (Fsp3) is 0.367. The summed E-state index contributed by atoms with van der Waals surface area (Å²) in [5, 5.41) is 13.7. The van der Waals surface area contributed by atoms with Gasteiger partial charge in [-0.25, -0.2) is 23.1 Å². The van der Waals surface area contributed by atoms with E-state index < -0.39 is 34.3 Å². The monoisotopic (exact) mass is 575 g/mol. The number of rotatable bonds is 5. The van der Waals surface area contributed by atoms with Crippen LogP contribution in [-0.2, 0) is 4.79 Å². The molecule has 42 heavy (non-hydrogen) atoms. The zero-order chi connectivity index (χ0) is 29.9. The van der Waals surface area contributed by atoms with Crippen LogP contribution in [0.2, 0.25) is 0 Å². The summed E-state index contributed by atoms with van der Waals surface area (Å²) in [6.07, 6.45) is 1.65. The molecule has 0 saturated carbocycles. The molecule has 5 heterocycles. The van der Waals surface area contributed by atoms with E-state index in [-0.39, 0.29) is 40.8 Å². The molecule has 2 aliphatic heterocycles. The van der Waals surface area contributed by atoms with Crippen LogP contribution in [0.5, 0.6) is 5.75 Å². The number of carbonyl (C=O) groups is 1. The average Bonchev–Trinajstić information content (AvgIpc) is 3.79. The van der Waals surface area contributed by atoms with Crippen molar-refractivity contribution in [2.45, 2.75) is 45.7 Å². The molecule has 3 aromatic heterocycles. The van der Waals surface area contributed by atoms with E-state index in [1.165, 1.54) is 22.8 Å². The summed E-state index contributed by atoms with van der Waals surface area (Å²) in [4.78, 5) is 43.7. The second kappa shape index (κ2) is 10.4.